The molecule has 0 rings (SSSR count). The largest absolute Gasteiger partial charge is 0.353 e. The first-order valence-electron chi connectivity index (χ1n) is 3.93. The van der Waals surface area contributed by atoms with Gasteiger partial charge in [-0.1, -0.05) is 6.92 Å². The molecule has 1 unspecified atom stereocenters. The van der Waals surface area contributed by atoms with Crippen molar-refractivity contribution in [2.75, 3.05) is 0 Å². The zero-order valence-corrected chi connectivity index (χ0v) is 7.18. The third kappa shape index (κ3) is 5.47. The molecule has 2 nitrogen and oxygen atoms in total. The van der Waals surface area contributed by atoms with Gasteiger partial charge in [0.2, 0.25) is 5.91 Å². The topological polar surface area (TPSA) is 29.1 Å². The van der Waals surface area contributed by atoms with Crippen molar-refractivity contribution in [3.8, 4) is 12.3 Å². The molecule has 0 aromatic heterocycles. The Morgan fingerprint density at radius 2 is 2.36 bits per heavy atom. The molecule has 0 aromatic carbocycles. The number of hydrogen-bond acceptors (Lipinski definition) is 1. The van der Waals surface area contributed by atoms with Crippen molar-refractivity contribution < 1.29 is 4.79 Å². The average molecular weight is 153 g/mol. The number of hydrogen-bond donors (Lipinski definition) is 1. The Morgan fingerprint density at radius 1 is 1.73 bits per heavy atom. The standard InChI is InChI=1S/C9H15NO/c1-4-6-8(3)10-9(11)7-5-2/h1,8H,5-7H2,2-3H3,(H,10,11). The molecule has 1 N–H and O–H groups in total. The first-order chi connectivity index (χ1) is 5.20. The highest BCUT2D eigenvalue weighted by molar-refractivity contribution is 5.76. The van der Waals surface area contributed by atoms with Crippen LogP contribution in [0.25, 0.3) is 0 Å². The zero-order valence-electron chi connectivity index (χ0n) is 7.18. The van der Waals surface area contributed by atoms with Crippen LogP contribution in [0.1, 0.15) is 33.1 Å². The molecule has 0 saturated heterocycles. The van der Waals surface area contributed by atoms with Gasteiger partial charge in [0, 0.05) is 18.9 Å². The van der Waals surface area contributed by atoms with Gasteiger partial charge in [0.05, 0.1) is 0 Å². The summed E-state index contributed by atoms with van der Waals surface area (Å²) in [5.41, 5.74) is 0. The molecular formula is C9H15NO. The Morgan fingerprint density at radius 3 is 2.82 bits per heavy atom. The highest BCUT2D eigenvalue weighted by atomic mass is 16.1. The van der Waals surface area contributed by atoms with Gasteiger partial charge in [0.25, 0.3) is 0 Å². The Bertz CT molecular complexity index is 157. The molecule has 0 bridgehead atoms. The van der Waals surface area contributed by atoms with Gasteiger partial charge in [0.15, 0.2) is 0 Å². The molecule has 0 spiro atoms. The van der Waals surface area contributed by atoms with Crippen molar-refractivity contribution >= 4 is 5.91 Å². The number of carbonyl (C=O) groups excluding carboxylic acids is 1. The van der Waals surface area contributed by atoms with Crippen molar-refractivity contribution in [3.05, 3.63) is 0 Å². The number of terminal acetylenes is 1. The number of rotatable bonds is 4. The van der Waals surface area contributed by atoms with Crippen LogP contribution < -0.4 is 5.32 Å². The molecule has 1 amide bonds. The van der Waals surface area contributed by atoms with Crippen molar-refractivity contribution in [3.63, 3.8) is 0 Å². The molecule has 0 saturated carbocycles. The van der Waals surface area contributed by atoms with Crippen molar-refractivity contribution in [2.45, 2.75) is 39.2 Å². The summed E-state index contributed by atoms with van der Waals surface area (Å²) >= 11 is 0. The normalized spacial score (nSPS) is 11.7. The Balaban J connectivity index is 3.50. The van der Waals surface area contributed by atoms with Gasteiger partial charge in [0.1, 0.15) is 0 Å². The predicted octanol–water partition coefficient (Wildman–Crippen LogP) is 1.31. The van der Waals surface area contributed by atoms with Crippen LogP contribution in [0.5, 0.6) is 0 Å². The third-order valence-electron chi connectivity index (χ3n) is 1.31. The predicted molar refractivity (Wildman–Crippen MR) is 46.0 cm³/mol. The Labute approximate surface area is 68.4 Å². The molecule has 0 aliphatic carbocycles. The average Bonchev–Trinajstić information content (AvgIpc) is 1.87. The van der Waals surface area contributed by atoms with Crippen molar-refractivity contribution in [1.29, 1.82) is 0 Å². The van der Waals surface area contributed by atoms with Gasteiger partial charge in [-0.2, -0.15) is 0 Å². The van der Waals surface area contributed by atoms with E-state index in [0.717, 1.165) is 6.42 Å². The molecule has 0 heterocycles. The van der Waals surface area contributed by atoms with Crippen LogP contribution in [0.2, 0.25) is 0 Å². The van der Waals surface area contributed by atoms with E-state index < -0.39 is 0 Å². The summed E-state index contributed by atoms with van der Waals surface area (Å²) in [6, 6.07) is 0.110. The number of nitrogens with one attached hydrogen (secondary N) is 1. The summed E-state index contributed by atoms with van der Waals surface area (Å²) in [4.78, 5) is 10.9. The molecule has 0 aliphatic rings. The minimum atomic E-state index is 0.0928. The summed E-state index contributed by atoms with van der Waals surface area (Å²) in [5, 5.41) is 2.80. The molecule has 11 heavy (non-hydrogen) atoms. The van der Waals surface area contributed by atoms with E-state index in [1.165, 1.54) is 0 Å². The summed E-state index contributed by atoms with van der Waals surface area (Å²) in [6.45, 7) is 3.89. The Hall–Kier alpha value is -0.970. The SMILES string of the molecule is C#CCC(C)NC(=O)CCC. The van der Waals surface area contributed by atoms with Crippen molar-refractivity contribution in [2.24, 2.45) is 0 Å². The lowest BCUT2D eigenvalue weighted by atomic mass is 10.2. The minimum absolute atomic E-state index is 0.0928. The fraction of sp³-hybridized carbons (Fsp3) is 0.667. The van der Waals surface area contributed by atoms with E-state index in [4.69, 9.17) is 6.42 Å². The molecule has 0 fully saturated rings. The second kappa shape index (κ2) is 5.79. The monoisotopic (exact) mass is 153 g/mol. The van der Waals surface area contributed by atoms with Crippen LogP contribution in [0, 0.1) is 12.3 Å². The molecule has 0 radical (unpaired) electrons. The van der Waals surface area contributed by atoms with E-state index in [1.807, 2.05) is 13.8 Å². The number of carbonyl (C=O) groups is 1. The smallest absolute Gasteiger partial charge is 0.220 e. The van der Waals surface area contributed by atoms with Crippen LogP contribution in [0.3, 0.4) is 0 Å². The summed E-state index contributed by atoms with van der Waals surface area (Å²) in [7, 11) is 0. The molecule has 62 valence electrons. The van der Waals surface area contributed by atoms with E-state index >= 15 is 0 Å². The van der Waals surface area contributed by atoms with Crippen molar-refractivity contribution in [1.82, 2.24) is 5.32 Å². The third-order valence-corrected chi connectivity index (χ3v) is 1.31. The van der Waals surface area contributed by atoms with E-state index in [-0.39, 0.29) is 11.9 Å². The fourth-order valence-corrected chi connectivity index (χ4v) is 0.802. The van der Waals surface area contributed by atoms with E-state index in [2.05, 4.69) is 11.2 Å². The fourth-order valence-electron chi connectivity index (χ4n) is 0.802. The van der Waals surface area contributed by atoms with E-state index in [0.29, 0.717) is 12.8 Å². The van der Waals surface area contributed by atoms with Gasteiger partial charge < -0.3 is 5.32 Å². The highest BCUT2D eigenvalue weighted by Gasteiger charge is 2.03. The van der Waals surface area contributed by atoms with Crippen LogP contribution in [-0.2, 0) is 4.79 Å². The summed E-state index contributed by atoms with van der Waals surface area (Å²) < 4.78 is 0. The molecule has 1 atom stereocenters. The zero-order chi connectivity index (χ0) is 8.69. The lowest BCUT2D eigenvalue weighted by Crippen LogP contribution is -2.31. The summed E-state index contributed by atoms with van der Waals surface area (Å²) in [5.74, 6) is 2.59. The maximum absolute atomic E-state index is 10.9. The van der Waals surface area contributed by atoms with Gasteiger partial charge in [-0.05, 0) is 13.3 Å². The van der Waals surface area contributed by atoms with Crippen LogP contribution >= 0.6 is 0 Å². The van der Waals surface area contributed by atoms with Gasteiger partial charge in [-0.15, -0.1) is 12.3 Å². The molecule has 2 heteroatoms. The van der Waals surface area contributed by atoms with Crippen LogP contribution in [0.15, 0.2) is 0 Å². The summed E-state index contributed by atoms with van der Waals surface area (Å²) in [6.07, 6.45) is 7.16. The highest BCUT2D eigenvalue weighted by Crippen LogP contribution is 1.91. The molecular weight excluding hydrogens is 138 g/mol. The van der Waals surface area contributed by atoms with E-state index in [1.54, 1.807) is 0 Å². The van der Waals surface area contributed by atoms with Gasteiger partial charge >= 0.3 is 0 Å². The Kier molecular flexibility index (Phi) is 5.28. The van der Waals surface area contributed by atoms with Crippen LogP contribution in [-0.4, -0.2) is 11.9 Å². The minimum Gasteiger partial charge on any atom is -0.353 e. The molecule has 0 aliphatic heterocycles. The van der Waals surface area contributed by atoms with Gasteiger partial charge in [-0.3, -0.25) is 4.79 Å². The lowest BCUT2D eigenvalue weighted by molar-refractivity contribution is -0.121. The van der Waals surface area contributed by atoms with Crippen LogP contribution in [0.4, 0.5) is 0 Å². The maximum atomic E-state index is 10.9. The molecule has 0 aromatic rings. The van der Waals surface area contributed by atoms with E-state index in [9.17, 15) is 4.79 Å². The second-order valence-electron chi connectivity index (χ2n) is 2.63. The van der Waals surface area contributed by atoms with Gasteiger partial charge in [-0.25, -0.2) is 0 Å². The number of amides is 1. The first-order valence-corrected chi connectivity index (χ1v) is 3.93. The first kappa shape index (κ1) is 10.0. The lowest BCUT2D eigenvalue weighted by Gasteiger charge is -2.09. The quantitative estimate of drug-likeness (QED) is 0.606. The second-order valence-corrected chi connectivity index (χ2v) is 2.63. The maximum Gasteiger partial charge on any atom is 0.220 e.